The zero-order valence-corrected chi connectivity index (χ0v) is 17.6. The Labute approximate surface area is 181 Å². The number of hydrogen-bond acceptors (Lipinski definition) is 2. The van der Waals surface area contributed by atoms with E-state index in [1.54, 1.807) is 31.2 Å². The van der Waals surface area contributed by atoms with Crippen LogP contribution in [0.5, 0.6) is 0 Å². The Bertz CT molecular complexity index is 1360. The van der Waals surface area contributed by atoms with Crippen LogP contribution in [-0.2, 0) is 12.7 Å². The molecule has 0 saturated heterocycles. The monoisotopic (exact) mass is 442 g/mol. The Kier molecular flexibility index (Phi) is 5.35. The topological polar surface area (TPSA) is 34.9 Å². The molecular formula is C24H18ClF3N2O. The lowest BCUT2D eigenvalue weighted by molar-refractivity contribution is -0.137. The van der Waals surface area contributed by atoms with Crippen molar-refractivity contribution in [2.75, 3.05) is 0 Å². The molecule has 0 fully saturated rings. The van der Waals surface area contributed by atoms with Gasteiger partial charge in [0.05, 0.1) is 11.1 Å². The van der Waals surface area contributed by atoms with Gasteiger partial charge >= 0.3 is 6.18 Å². The van der Waals surface area contributed by atoms with Crippen molar-refractivity contribution >= 4 is 22.6 Å². The number of nitrogens with zero attached hydrogens (tertiary/aromatic N) is 2. The number of aromatic nitrogens is 2. The average Bonchev–Trinajstić information content (AvgIpc) is 2.72. The summed E-state index contributed by atoms with van der Waals surface area (Å²) < 4.78 is 41.7. The zero-order valence-electron chi connectivity index (χ0n) is 16.8. The second kappa shape index (κ2) is 7.85. The SMILES string of the molecule is CCn1c(=O)c(-c2cccc(C(F)(F)F)c2)c(-c2cccc(Cl)c2)c2ccc(C)nc21. The summed E-state index contributed by atoms with van der Waals surface area (Å²) in [6.07, 6.45) is -4.52. The van der Waals surface area contributed by atoms with Crippen LogP contribution >= 0.6 is 11.6 Å². The second-order valence-electron chi connectivity index (χ2n) is 7.21. The summed E-state index contributed by atoms with van der Waals surface area (Å²) in [6, 6.07) is 15.4. The maximum atomic E-state index is 13.6. The van der Waals surface area contributed by atoms with Crippen LogP contribution in [0.15, 0.2) is 65.5 Å². The highest BCUT2D eigenvalue weighted by Gasteiger charge is 2.31. The van der Waals surface area contributed by atoms with E-state index in [4.69, 9.17) is 11.6 Å². The zero-order chi connectivity index (χ0) is 22.3. The van der Waals surface area contributed by atoms with Crippen molar-refractivity contribution < 1.29 is 13.2 Å². The Morgan fingerprint density at radius 3 is 2.29 bits per heavy atom. The van der Waals surface area contributed by atoms with Gasteiger partial charge in [0.25, 0.3) is 5.56 Å². The molecular weight excluding hydrogens is 425 g/mol. The quantitative estimate of drug-likeness (QED) is 0.352. The Balaban J connectivity index is 2.19. The van der Waals surface area contributed by atoms with Gasteiger partial charge in [-0.3, -0.25) is 9.36 Å². The first kappa shape index (κ1) is 21.1. The van der Waals surface area contributed by atoms with Crippen molar-refractivity contribution in [2.24, 2.45) is 0 Å². The standard InChI is InChI=1S/C24H18ClF3N2O/c1-3-30-22-19(11-10-14(2)29-22)20(16-7-5-9-18(25)13-16)21(23(30)31)15-6-4-8-17(12-15)24(26,27)28/h4-13H,3H2,1-2H3. The number of rotatable bonds is 3. The van der Waals surface area contributed by atoms with E-state index in [1.807, 2.05) is 19.1 Å². The van der Waals surface area contributed by atoms with Crippen molar-refractivity contribution in [2.45, 2.75) is 26.6 Å². The first-order valence-corrected chi connectivity index (χ1v) is 10.1. The van der Waals surface area contributed by atoms with Gasteiger partial charge in [-0.15, -0.1) is 0 Å². The first-order valence-electron chi connectivity index (χ1n) is 9.68. The van der Waals surface area contributed by atoms with Gasteiger partial charge in [0.15, 0.2) is 0 Å². The predicted octanol–water partition coefficient (Wildman–Crippen LogP) is 6.73. The summed E-state index contributed by atoms with van der Waals surface area (Å²) in [4.78, 5) is 18.1. The largest absolute Gasteiger partial charge is 0.416 e. The Morgan fingerprint density at radius 2 is 1.65 bits per heavy atom. The molecule has 0 spiro atoms. The molecule has 4 rings (SSSR count). The molecule has 0 aliphatic rings. The number of benzene rings is 2. The van der Waals surface area contributed by atoms with Gasteiger partial charge < -0.3 is 0 Å². The van der Waals surface area contributed by atoms with Crippen molar-refractivity contribution in [3.63, 3.8) is 0 Å². The maximum Gasteiger partial charge on any atom is 0.416 e. The van der Waals surface area contributed by atoms with Gasteiger partial charge in [0, 0.05) is 28.2 Å². The van der Waals surface area contributed by atoms with Crippen molar-refractivity contribution in [3.8, 4) is 22.3 Å². The van der Waals surface area contributed by atoms with Gasteiger partial charge in [-0.05, 0) is 61.4 Å². The third kappa shape index (κ3) is 3.83. The number of fused-ring (bicyclic) bond motifs is 1. The summed E-state index contributed by atoms with van der Waals surface area (Å²) in [6.45, 7) is 3.96. The van der Waals surface area contributed by atoms with Crippen LogP contribution in [0.1, 0.15) is 18.2 Å². The van der Waals surface area contributed by atoms with Crippen LogP contribution in [0, 0.1) is 6.92 Å². The van der Waals surface area contributed by atoms with E-state index in [2.05, 4.69) is 4.98 Å². The van der Waals surface area contributed by atoms with E-state index in [9.17, 15) is 18.0 Å². The molecule has 0 radical (unpaired) electrons. The first-order chi connectivity index (χ1) is 14.7. The number of pyridine rings is 2. The molecule has 2 heterocycles. The summed E-state index contributed by atoms with van der Waals surface area (Å²) in [7, 11) is 0. The number of halogens is 4. The normalized spacial score (nSPS) is 11.8. The summed E-state index contributed by atoms with van der Waals surface area (Å²) in [5, 5.41) is 1.13. The van der Waals surface area contributed by atoms with Gasteiger partial charge in [0.1, 0.15) is 5.65 Å². The van der Waals surface area contributed by atoms with Crippen molar-refractivity contribution in [1.82, 2.24) is 9.55 Å². The number of hydrogen-bond donors (Lipinski definition) is 0. The van der Waals surface area contributed by atoms with E-state index in [-0.39, 0.29) is 11.1 Å². The minimum Gasteiger partial charge on any atom is -0.292 e. The minimum atomic E-state index is -4.52. The molecule has 158 valence electrons. The average molecular weight is 443 g/mol. The molecule has 31 heavy (non-hydrogen) atoms. The van der Waals surface area contributed by atoms with Crippen LogP contribution in [-0.4, -0.2) is 9.55 Å². The fourth-order valence-corrected chi connectivity index (χ4v) is 3.96. The molecule has 2 aromatic heterocycles. The Hall–Kier alpha value is -3.12. The lowest BCUT2D eigenvalue weighted by Gasteiger charge is -2.18. The van der Waals surface area contributed by atoms with E-state index >= 15 is 0 Å². The van der Waals surface area contributed by atoms with Crippen molar-refractivity contribution in [3.05, 3.63) is 87.3 Å². The molecule has 2 aromatic carbocycles. The molecule has 0 aliphatic heterocycles. The molecule has 4 aromatic rings. The number of alkyl halides is 3. The second-order valence-corrected chi connectivity index (χ2v) is 7.65. The van der Waals surface area contributed by atoms with Crippen molar-refractivity contribution in [1.29, 1.82) is 0 Å². The molecule has 3 nitrogen and oxygen atoms in total. The number of aryl methyl sites for hydroxylation is 2. The summed E-state index contributed by atoms with van der Waals surface area (Å²) in [5.41, 5.74) is 1.54. The van der Waals surface area contributed by atoms with Crippen LogP contribution in [0.25, 0.3) is 33.3 Å². The molecule has 0 aliphatic carbocycles. The molecule has 0 unspecified atom stereocenters. The summed E-state index contributed by atoms with van der Waals surface area (Å²) >= 11 is 6.21. The fourth-order valence-electron chi connectivity index (χ4n) is 3.77. The van der Waals surface area contributed by atoms with E-state index < -0.39 is 17.3 Å². The highest BCUT2D eigenvalue weighted by Crippen LogP contribution is 2.38. The van der Waals surface area contributed by atoms with E-state index in [0.29, 0.717) is 33.7 Å². The highest BCUT2D eigenvalue weighted by molar-refractivity contribution is 6.31. The molecule has 0 atom stereocenters. The van der Waals surface area contributed by atoms with E-state index in [1.165, 1.54) is 16.7 Å². The molecule has 0 bridgehead atoms. The van der Waals surface area contributed by atoms with Crippen LogP contribution in [0.3, 0.4) is 0 Å². The minimum absolute atomic E-state index is 0.188. The van der Waals surface area contributed by atoms with Gasteiger partial charge in [-0.25, -0.2) is 4.98 Å². The molecule has 0 amide bonds. The molecule has 7 heteroatoms. The smallest absolute Gasteiger partial charge is 0.292 e. The van der Waals surface area contributed by atoms with Crippen LogP contribution in [0.2, 0.25) is 5.02 Å². The predicted molar refractivity (Wildman–Crippen MR) is 117 cm³/mol. The lowest BCUT2D eigenvalue weighted by Crippen LogP contribution is -2.23. The fraction of sp³-hybridized carbons (Fsp3) is 0.167. The maximum absolute atomic E-state index is 13.6. The molecule has 0 saturated carbocycles. The van der Waals surface area contributed by atoms with Crippen LogP contribution < -0.4 is 5.56 Å². The molecule has 0 N–H and O–H groups in total. The third-order valence-electron chi connectivity index (χ3n) is 5.16. The van der Waals surface area contributed by atoms with Crippen LogP contribution in [0.4, 0.5) is 13.2 Å². The van der Waals surface area contributed by atoms with Gasteiger partial charge in [0.2, 0.25) is 0 Å². The Morgan fingerprint density at radius 1 is 0.968 bits per heavy atom. The highest BCUT2D eigenvalue weighted by atomic mass is 35.5. The van der Waals surface area contributed by atoms with Gasteiger partial charge in [-0.1, -0.05) is 35.9 Å². The summed E-state index contributed by atoms with van der Waals surface area (Å²) in [5.74, 6) is 0. The third-order valence-corrected chi connectivity index (χ3v) is 5.39. The van der Waals surface area contributed by atoms with E-state index in [0.717, 1.165) is 17.8 Å². The van der Waals surface area contributed by atoms with Gasteiger partial charge in [-0.2, -0.15) is 13.2 Å². The lowest BCUT2D eigenvalue weighted by atomic mass is 9.92.